The minimum atomic E-state index is -0.471. The van der Waals surface area contributed by atoms with Gasteiger partial charge in [-0.05, 0) is 26.7 Å². The predicted molar refractivity (Wildman–Crippen MR) is 48.7 cm³/mol. The molecule has 2 N–H and O–H groups in total. The van der Waals surface area contributed by atoms with Gasteiger partial charge in [0.25, 0.3) is 0 Å². The summed E-state index contributed by atoms with van der Waals surface area (Å²) in [6, 6.07) is -0.471. The second-order valence-corrected chi connectivity index (χ2v) is 2.50. The summed E-state index contributed by atoms with van der Waals surface area (Å²) < 4.78 is 4.75. The van der Waals surface area contributed by atoms with Gasteiger partial charge >= 0.3 is 5.97 Å². The van der Waals surface area contributed by atoms with Crippen molar-refractivity contribution < 1.29 is 9.53 Å². The highest BCUT2D eigenvalue weighted by atomic mass is 16.5. The van der Waals surface area contributed by atoms with Gasteiger partial charge in [-0.25, -0.2) is 0 Å². The van der Waals surface area contributed by atoms with Crippen LogP contribution in [0.25, 0.3) is 0 Å². The molecule has 0 rings (SSSR count). The van der Waals surface area contributed by atoms with Crippen molar-refractivity contribution in [1.82, 2.24) is 0 Å². The first-order valence-corrected chi connectivity index (χ1v) is 4.25. The van der Waals surface area contributed by atoms with Gasteiger partial charge in [-0.1, -0.05) is 12.2 Å². The Labute approximate surface area is 73.6 Å². The van der Waals surface area contributed by atoms with Crippen LogP contribution in [-0.2, 0) is 9.53 Å². The van der Waals surface area contributed by atoms with Crippen molar-refractivity contribution in [2.24, 2.45) is 5.73 Å². The standard InChI is InChI=1S/C9H17NO2/c1-3-5-6-7-8(10)9(11)12-4-2/h3,5,8H,4,6-7,10H2,1-2H3. The lowest BCUT2D eigenvalue weighted by atomic mass is 10.1. The topological polar surface area (TPSA) is 52.3 Å². The Morgan fingerprint density at radius 2 is 2.33 bits per heavy atom. The highest BCUT2D eigenvalue weighted by molar-refractivity contribution is 5.75. The zero-order chi connectivity index (χ0) is 9.40. The van der Waals surface area contributed by atoms with Gasteiger partial charge in [0.1, 0.15) is 6.04 Å². The Kier molecular flexibility index (Phi) is 6.38. The fourth-order valence-corrected chi connectivity index (χ4v) is 0.810. The molecule has 0 radical (unpaired) electrons. The molecule has 0 saturated heterocycles. The SMILES string of the molecule is CC=CCCC(N)C(=O)OCC. The average Bonchev–Trinajstić information content (AvgIpc) is 2.05. The molecule has 0 amide bonds. The molecule has 1 unspecified atom stereocenters. The number of allylic oxidation sites excluding steroid dienone is 2. The van der Waals surface area contributed by atoms with Crippen LogP contribution in [0.3, 0.4) is 0 Å². The van der Waals surface area contributed by atoms with Crippen molar-refractivity contribution in [3.63, 3.8) is 0 Å². The molecule has 0 saturated carbocycles. The molecule has 0 fully saturated rings. The summed E-state index contributed by atoms with van der Waals surface area (Å²) in [5.41, 5.74) is 5.54. The van der Waals surface area contributed by atoms with E-state index in [1.165, 1.54) is 0 Å². The van der Waals surface area contributed by atoms with Crippen molar-refractivity contribution in [1.29, 1.82) is 0 Å². The number of hydrogen-bond acceptors (Lipinski definition) is 3. The van der Waals surface area contributed by atoms with E-state index in [-0.39, 0.29) is 5.97 Å². The third-order valence-electron chi connectivity index (χ3n) is 1.47. The van der Waals surface area contributed by atoms with Gasteiger partial charge in [-0.15, -0.1) is 0 Å². The monoisotopic (exact) mass is 171 g/mol. The van der Waals surface area contributed by atoms with E-state index in [0.29, 0.717) is 13.0 Å². The maximum atomic E-state index is 11.0. The Balaban J connectivity index is 3.56. The first-order chi connectivity index (χ1) is 5.72. The molecular formula is C9H17NO2. The molecule has 0 bridgehead atoms. The van der Waals surface area contributed by atoms with E-state index in [0.717, 1.165) is 6.42 Å². The second-order valence-electron chi connectivity index (χ2n) is 2.50. The predicted octanol–water partition coefficient (Wildman–Crippen LogP) is 1.23. The number of ether oxygens (including phenoxy) is 1. The van der Waals surface area contributed by atoms with E-state index in [2.05, 4.69) is 0 Å². The van der Waals surface area contributed by atoms with E-state index in [4.69, 9.17) is 10.5 Å². The van der Waals surface area contributed by atoms with Crippen LogP contribution in [0, 0.1) is 0 Å². The van der Waals surface area contributed by atoms with Crippen LogP contribution >= 0.6 is 0 Å². The Morgan fingerprint density at radius 1 is 1.67 bits per heavy atom. The second kappa shape index (κ2) is 6.85. The number of carbonyl (C=O) groups is 1. The van der Waals surface area contributed by atoms with Gasteiger partial charge < -0.3 is 10.5 Å². The third kappa shape index (κ3) is 4.91. The van der Waals surface area contributed by atoms with Crippen LogP contribution in [0.1, 0.15) is 26.7 Å². The molecule has 0 aliphatic carbocycles. The maximum Gasteiger partial charge on any atom is 0.322 e. The molecule has 0 heterocycles. The molecule has 12 heavy (non-hydrogen) atoms. The molecule has 0 spiro atoms. The van der Waals surface area contributed by atoms with Crippen molar-refractivity contribution in [3.05, 3.63) is 12.2 Å². The number of esters is 1. The summed E-state index contributed by atoms with van der Waals surface area (Å²) in [6.45, 7) is 4.11. The fourth-order valence-electron chi connectivity index (χ4n) is 0.810. The van der Waals surface area contributed by atoms with Crippen LogP contribution < -0.4 is 5.73 Å². The zero-order valence-electron chi connectivity index (χ0n) is 7.75. The lowest BCUT2D eigenvalue weighted by molar-refractivity contribution is -0.144. The summed E-state index contributed by atoms with van der Waals surface area (Å²) in [7, 11) is 0. The summed E-state index contributed by atoms with van der Waals surface area (Å²) >= 11 is 0. The molecule has 0 aromatic rings. The smallest absolute Gasteiger partial charge is 0.322 e. The minimum Gasteiger partial charge on any atom is -0.465 e. The van der Waals surface area contributed by atoms with Crippen LogP contribution in [0.5, 0.6) is 0 Å². The van der Waals surface area contributed by atoms with Gasteiger partial charge in [-0.3, -0.25) is 4.79 Å². The van der Waals surface area contributed by atoms with E-state index in [1.54, 1.807) is 6.92 Å². The number of rotatable bonds is 5. The summed E-state index contributed by atoms with van der Waals surface area (Å²) in [5, 5.41) is 0. The Hall–Kier alpha value is -0.830. The van der Waals surface area contributed by atoms with Crippen LogP contribution in [0.2, 0.25) is 0 Å². The van der Waals surface area contributed by atoms with Crippen molar-refractivity contribution in [2.75, 3.05) is 6.61 Å². The van der Waals surface area contributed by atoms with E-state index >= 15 is 0 Å². The lowest BCUT2D eigenvalue weighted by Gasteiger charge is -2.08. The van der Waals surface area contributed by atoms with Crippen molar-refractivity contribution in [2.45, 2.75) is 32.7 Å². The molecular weight excluding hydrogens is 154 g/mol. The number of carbonyl (C=O) groups excluding carboxylic acids is 1. The van der Waals surface area contributed by atoms with Crippen LogP contribution in [0.15, 0.2) is 12.2 Å². The minimum absolute atomic E-state index is 0.304. The zero-order valence-corrected chi connectivity index (χ0v) is 7.75. The van der Waals surface area contributed by atoms with Crippen molar-refractivity contribution in [3.8, 4) is 0 Å². The molecule has 0 aliphatic rings. The summed E-state index contributed by atoms with van der Waals surface area (Å²) in [5.74, 6) is -0.304. The van der Waals surface area contributed by atoms with E-state index < -0.39 is 6.04 Å². The molecule has 0 aliphatic heterocycles. The van der Waals surface area contributed by atoms with E-state index in [1.807, 2.05) is 19.1 Å². The van der Waals surface area contributed by atoms with Gasteiger partial charge in [0.05, 0.1) is 6.61 Å². The van der Waals surface area contributed by atoms with Gasteiger partial charge in [0.2, 0.25) is 0 Å². The molecule has 3 nitrogen and oxygen atoms in total. The Morgan fingerprint density at radius 3 is 2.83 bits per heavy atom. The Bertz CT molecular complexity index is 155. The fraction of sp³-hybridized carbons (Fsp3) is 0.667. The van der Waals surface area contributed by atoms with E-state index in [9.17, 15) is 4.79 Å². The number of hydrogen-bond donors (Lipinski definition) is 1. The highest BCUT2D eigenvalue weighted by Crippen LogP contribution is 1.97. The van der Waals surface area contributed by atoms with Crippen molar-refractivity contribution >= 4 is 5.97 Å². The van der Waals surface area contributed by atoms with Gasteiger partial charge in [0.15, 0.2) is 0 Å². The largest absolute Gasteiger partial charge is 0.465 e. The first kappa shape index (κ1) is 11.2. The summed E-state index contributed by atoms with van der Waals surface area (Å²) in [6.07, 6.45) is 5.41. The van der Waals surface area contributed by atoms with Gasteiger partial charge in [0, 0.05) is 0 Å². The lowest BCUT2D eigenvalue weighted by Crippen LogP contribution is -2.31. The van der Waals surface area contributed by atoms with Gasteiger partial charge in [-0.2, -0.15) is 0 Å². The van der Waals surface area contributed by atoms with Crippen LogP contribution in [-0.4, -0.2) is 18.6 Å². The summed E-state index contributed by atoms with van der Waals surface area (Å²) in [4.78, 5) is 11.0. The molecule has 1 atom stereocenters. The molecule has 70 valence electrons. The maximum absolute atomic E-state index is 11.0. The highest BCUT2D eigenvalue weighted by Gasteiger charge is 2.12. The van der Waals surface area contributed by atoms with Crippen LogP contribution in [0.4, 0.5) is 0 Å². The molecule has 0 aromatic heterocycles. The normalized spacial score (nSPS) is 13.2. The third-order valence-corrected chi connectivity index (χ3v) is 1.47. The average molecular weight is 171 g/mol. The molecule has 3 heteroatoms. The quantitative estimate of drug-likeness (QED) is 0.500. The first-order valence-electron chi connectivity index (χ1n) is 4.25. The number of nitrogens with two attached hydrogens (primary N) is 1. The molecule has 0 aromatic carbocycles.